The highest BCUT2D eigenvalue weighted by atomic mass is 16.9. The second kappa shape index (κ2) is 8.08. The maximum Gasteiger partial charge on any atom is 0.284 e. The minimum Gasteiger partial charge on any atom is -0.506 e. The Hall–Kier alpha value is -1.42. The lowest BCUT2D eigenvalue weighted by molar-refractivity contribution is -0.384. The van der Waals surface area contributed by atoms with Gasteiger partial charge in [0.1, 0.15) is 24.1 Å². The van der Waals surface area contributed by atoms with Crippen LogP contribution in [0.3, 0.4) is 0 Å². The molecule has 8 heteroatoms. The van der Waals surface area contributed by atoms with Crippen molar-refractivity contribution in [3.05, 3.63) is 24.3 Å². The summed E-state index contributed by atoms with van der Waals surface area (Å²) in [6.07, 6.45) is 0.735. The number of phenols is 1. The molecule has 3 aliphatic heterocycles. The third kappa shape index (κ3) is 5.54. The Morgan fingerprint density at radius 3 is 1.88 bits per heavy atom. The molecule has 0 radical (unpaired) electrons. The molecule has 0 bridgehead atoms. The molecule has 2 N–H and O–H groups in total. The van der Waals surface area contributed by atoms with E-state index in [-0.39, 0.29) is 24.1 Å². The van der Waals surface area contributed by atoms with Gasteiger partial charge in [0.25, 0.3) is 5.97 Å². The van der Waals surface area contributed by atoms with Gasteiger partial charge in [-0.1, -0.05) is 12.1 Å². The van der Waals surface area contributed by atoms with Crippen molar-refractivity contribution in [1.29, 1.82) is 0 Å². The number of rotatable bonds is 13. The predicted molar refractivity (Wildman–Crippen MR) is 91.0 cm³/mol. The highest BCUT2D eigenvalue weighted by Crippen LogP contribution is 2.28. The topological polar surface area (TPSA) is 97.5 Å². The lowest BCUT2D eigenvalue weighted by Gasteiger charge is -2.33. The summed E-state index contributed by atoms with van der Waals surface area (Å²) in [6.45, 7) is 3.83. The minimum absolute atomic E-state index is 0.0991. The maximum absolute atomic E-state index is 9.89. The molecule has 3 saturated heterocycles. The van der Waals surface area contributed by atoms with Gasteiger partial charge in [-0.15, -0.1) is 0 Å². The van der Waals surface area contributed by atoms with E-state index in [9.17, 15) is 5.11 Å². The SMILES string of the molecule is Oc1ccccc1NCCC(OCC1CO1)(OCC1CO1)OCC1CO1. The van der Waals surface area contributed by atoms with Gasteiger partial charge in [0, 0.05) is 13.0 Å². The molecule has 1 aromatic rings. The second-order valence-corrected chi connectivity index (χ2v) is 6.68. The smallest absolute Gasteiger partial charge is 0.284 e. The van der Waals surface area contributed by atoms with Gasteiger partial charge in [-0.05, 0) is 12.1 Å². The van der Waals surface area contributed by atoms with Crippen molar-refractivity contribution in [3.63, 3.8) is 0 Å². The van der Waals surface area contributed by atoms with Crippen molar-refractivity contribution in [2.75, 3.05) is 51.5 Å². The first kappa shape index (κ1) is 18.0. The largest absolute Gasteiger partial charge is 0.506 e. The zero-order valence-corrected chi connectivity index (χ0v) is 14.6. The van der Waals surface area contributed by atoms with E-state index < -0.39 is 5.97 Å². The zero-order chi connectivity index (χ0) is 17.8. The van der Waals surface area contributed by atoms with Crippen LogP contribution in [0.4, 0.5) is 5.69 Å². The number of phenolic OH excluding ortho intramolecular Hbond substituents is 1. The van der Waals surface area contributed by atoms with E-state index in [0.29, 0.717) is 58.3 Å². The lowest BCUT2D eigenvalue weighted by Crippen LogP contribution is -2.43. The van der Waals surface area contributed by atoms with Gasteiger partial charge in [0.15, 0.2) is 0 Å². The van der Waals surface area contributed by atoms with Gasteiger partial charge in [0.2, 0.25) is 0 Å². The molecule has 3 aliphatic rings. The van der Waals surface area contributed by atoms with Gasteiger partial charge in [0.05, 0.1) is 45.3 Å². The second-order valence-electron chi connectivity index (χ2n) is 6.68. The van der Waals surface area contributed by atoms with Gasteiger partial charge in [-0.25, -0.2) is 0 Å². The van der Waals surface area contributed by atoms with E-state index in [2.05, 4.69) is 5.32 Å². The number of nitrogens with one attached hydrogen (secondary N) is 1. The summed E-state index contributed by atoms with van der Waals surface area (Å²) in [7, 11) is 0. The molecule has 4 rings (SSSR count). The van der Waals surface area contributed by atoms with Crippen molar-refractivity contribution >= 4 is 5.69 Å². The predicted octanol–water partition coefficient (Wildman–Crippen LogP) is 1.09. The third-order valence-electron chi connectivity index (χ3n) is 4.33. The zero-order valence-electron chi connectivity index (χ0n) is 14.6. The Labute approximate surface area is 152 Å². The number of epoxide rings is 3. The third-order valence-corrected chi connectivity index (χ3v) is 4.33. The summed E-state index contributed by atoms with van der Waals surface area (Å²) in [4.78, 5) is 0. The molecule has 3 fully saturated rings. The monoisotopic (exact) mass is 367 g/mol. The summed E-state index contributed by atoms with van der Waals surface area (Å²) in [5.74, 6) is -0.994. The first-order valence-electron chi connectivity index (χ1n) is 9.01. The number of hydrogen-bond acceptors (Lipinski definition) is 8. The Bertz CT molecular complexity index is 546. The standard InChI is InChI=1S/C18H25NO7/c20-17-4-2-1-3-16(17)19-6-5-18(24-10-13-7-21-13,25-11-14-8-22-14)26-12-15-9-23-15/h1-4,13-15,19-20H,5-12H2. The summed E-state index contributed by atoms with van der Waals surface area (Å²) in [6, 6.07) is 7.09. The number of benzene rings is 1. The van der Waals surface area contributed by atoms with Crippen LogP contribution in [-0.2, 0) is 28.4 Å². The summed E-state index contributed by atoms with van der Waals surface area (Å²) in [5, 5.41) is 13.1. The van der Waals surface area contributed by atoms with E-state index in [1.54, 1.807) is 12.1 Å². The van der Waals surface area contributed by atoms with Crippen LogP contribution in [0.5, 0.6) is 5.75 Å². The average Bonchev–Trinajstić information content (AvgIpc) is 3.48. The Morgan fingerprint density at radius 2 is 1.42 bits per heavy atom. The fraction of sp³-hybridized carbons (Fsp3) is 0.667. The quantitative estimate of drug-likeness (QED) is 0.304. The molecule has 0 spiro atoms. The van der Waals surface area contributed by atoms with Crippen molar-refractivity contribution < 1.29 is 33.5 Å². The normalized spacial score (nSPS) is 28.4. The van der Waals surface area contributed by atoms with Crippen molar-refractivity contribution in [3.8, 4) is 5.75 Å². The van der Waals surface area contributed by atoms with E-state index in [1.165, 1.54) is 0 Å². The Morgan fingerprint density at radius 1 is 0.923 bits per heavy atom. The molecule has 0 aliphatic carbocycles. The van der Waals surface area contributed by atoms with Crippen LogP contribution in [-0.4, -0.2) is 75.6 Å². The van der Waals surface area contributed by atoms with Crippen LogP contribution >= 0.6 is 0 Å². The molecule has 3 atom stereocenters. The van der Waals surface area contributed by atoms with Gasteiger partial charge >= 0.3 is 0 Å². The van der Waals surface area contributed by atoms with Crippen LogP contribution in [0.15, 0.2) is 24.3 Å². The molecular weight excluding hydrogens is 342 g/mol. The van der Waals surface area contributed by atoms with Crippen LogP contribution in [0, 0.1) is 0 Å². The van der Waals surface area contributed by atoms with E-state index in [0.717, 1.165) is 0 Å². The molecular formula is C18H25NO7. The molecule has 144 valence electrons. The van der Waals surface area contributed by atoms with Crippen LogP contribution in [0.2, 0.25) is 0 Å². The van der Waals surface area contributed by atoms with Crippen molar-refractivity contribution in [2.45, 2.75) is 30.7 Å². The van der Waals surface area contributed by atoms with Crippen LogP contribution in [0.25, 0.3) is 0 Å². The average molecular weight is 367 g/mol. The summed E-state index contributed by atoms with van der Waals surface area (Å²) >= 11 is 0. The molecule has 1 aromatic carbocycles. The minimum atomic E-state index is -1.19. The Balaban J connectivity index is 1.36. The number of anilines is 1. The highest BCUT2D eigenvalue weighted by molar-refractivity contribution is 5.55. The highest BCUT2D eigenvalue weighted by Gasteiger charge is 2.40. The van der Waals surface area contributed by atoms with Crippen molar-refractivity contribution in [2.24, 2.45) is 0 Å². The van der Waals surface area contributed by atoms with Crippen LogP contribution in [0.1, 0.15) is 6.42 Å². The molecule has 26 heavy (non-hydrogen) atoms. The number of ether oxygens (including phenoxy) is 6. The van der Waals surface area contributed by atoms with E-state index >= 15 is 0 Å². The first-order chi connectivity index (χ1) is 12.7. The van der Waals surface area contributed by atoms with Crippen molar-refractivity contribution in [1.82, 2.24) is 0 Å². The van der Waals surface area contributed by atoms with E-state index in [1.807, 2.05) is 12.1 Å². The molecule has 8 nitrogen and oxygen atoms in total. The fourth-order valence-electron chi connectivity index (χ4n) is 2.47. The van der Waals surface area contributed by atoms with Gasteiger partial charge in [-0.2, -0.15) is 0 Å². The number of para-hydroxylation sites is 2. The summed E-state index contributed by atoms with van der Waals surface area (Å²) < 4.78 is 33.7. The number of aromatic hydroxyl groups is 1. The first-order valence-corrected chi connectivity index (χ1v) is 9.01. The molecule has 0 aromatic heterocycles. The van der Waals surface area contributed by atoms with E-state index in [4.69, 9.17) is 28.4 Å². The molecule has 0 amide bonds. The van der Waals surface area contributed by atoms with Gasteiger partial charge < -0.3 is 38.8 Å². The molecule has 3 heterocycles. The number of hydrogen-bond donors (Lipinski definition) is 2. The van der Waals surface area contributed by atoms with Crippen LogP contribution < -0.4 is 5.32 Å². The Kier molecular flexibility index (Phi) is 5.58. The lowest BCUT2D eigenvalue weighted by atomic mass is 10.2. The fourth-order valence-corrected chi connectivity index (χ4v) is 2.47. The molecule has 0 saturated carbocycles. The summed E-state index contributed by atoms with van der Waals surface area (Å²) in [5.41, 5.74) is 0.656. The maximum atomic E-state index is 9.89. The molecule has 3 unspecified atom stereocenters. The van der Waals surface area contributed by atoms with Gasteiger partial charge in [-0.3, -0.25) is 0 Å².